The molecule has 5 nitrogen and oxygen atoms in total. The second-order valence-electron chi connectivity index (χ2n) is 7.06. The van der Waals surface area contributed by atoms with Crippen molar-refractivity contribution in [3.63, 3.8) is 0 Å². The maximum atomic E-state index is 13.0. The molecule has 0 radical (unpaired) electrons. The number of aliphatic hydroxyl groups excluding tert-OH is 1. The van der Waals surface area contributed by atoms with E-state index in [2.05, 4.69) is 9.97 Å². The lowest BCUT2D eigenvalue weighted by Crippen LogP contribution is -2.38. The molecule has 1 unspecified atom stereocenters. The number of carbonyl (C=O) groups excluding carboxylic acids is 1. The van der Waals surface area contributed by atoms with Crippen LogP contribution in [0.2, 0.25) is 15.1 Å². The summed E-state index contributed by atoms with van der Waals surface area (Å²) in [5.74, 6) is -0.241. The first-order valence-electron chi connectivity index (χ1n) is 9.48. The fourth-order valence-electron chi connectivity index (χ4n) is 3.63. The molecule has 1 aliphatic rings. The van der Waals surface area contributed by atoms with Crippen LogP contribution < -0.4 is 0 Å². The van der Waals surface area contributed by atoms with Crippen LogP contribution in [0.4, 0.5) is 0 Å². The van der Waals surface area contributed by atoms with Gasteiger partial charge in [-0.3, -0.25) is 4.79 Å². The topological polar surface area (TPSA) is 66.3 Å². The summed E-state index contributed by atoms with van der Waals surface area (Å²) in [6.45, 7) is 0.494. The fraction of sp³-hybridized carbons (Fsp3) is 0.227. The molecule has 3 aromatic rings. The first-order chi connectivity index (χ1) is 14.5. The molecule has 30 heavy (non-hydrogen) atoms. The smallest absolute Gasteiger partial charge is 0.292 e. The quantitative estimate of drug-likeness (QED) is 0.566. The summed E-state index contributed by atoms with van der Waals surface area (Å²) in [6, 6.07) is 12.2. The molecule has 1 fully saturated rings. The molecule has 1 amide bonds. The highest BCUT2D eigenvalue weighted by atomic mass is 35.5. The first-order valence-corrected chi connectivity index (χ1v) is 10.6. The van der Waals surface area contributed by atoms with E-state index in [0.29, 0.717) is 38.4 Å². The van der Waals surface area contributed by atoms with Gasteiger partial charge in [0.1, 0.15) is 0 Å². The van der Waals surface area contributed by atoms with Crippen molar-refractivity contribution in [3.8, 4) is 22.4 Å². The molecule has 2 heterocycles. The molecular formula is C22H18Cl3N3O2. The van der Waals surface area contributed by atoms with Crippen LogP contribution in [0.15, 0.2) is 48.7 Å². The third-order valence-corrected chi connectivity index (χ3v) is 5.97. The number of rotatable bonds is 4. The van der Waals surface area contributed by atoms with Gasteiger partial charge in [0.05, 0.1) is 23.4 Å². The zero-order chi connectivity index (χ0) is 21.3. The average Bonchev–Trinajstić information content (AvgIpc) is 3.22. The van der Waals surface area contributed by atoms with Crippen LogP contribution in [0.5, 0.6) is 0 Å². The highest BCUT2D eigenvalue weighted by Gasteiger charge is 2.31. The molecule has 1 saturated heterocycles. The summed E-state index contributed by atoms with van der Waals surface area (Å²) in [5.41, 5.74) is 2.72. The normalized spacial score (nSPS) is 16.1. The van der Waals surface area contributed by atoms with Crippen molar-refractivity contribution in [2.75, 3.05) is 13.2 Å². The lowest BCUT2D eigenvalue weighted by atomic mass is 10.0. The number of hydrogen-bond acceptors (Lipinski definition) is 4. The minimum absolute atomic E-state index is 0.0640. The minimum atomic E-state index is -0.305. The van der Waals surface area contributed by atoms with Crippen molar-refractivity contribution in [2.24, 2.45) is 0 Å². The molecule has 0 bridgehead atoms. The number of likely N-dealkylation sites (tertiary alicyclic amines) is 1. The van der Waals surface area contributed by atoms with Crippen molar-refractivity contribution in [2.45, 2.75) is 18.9 Å². The van der Waals surface area contributed by atoms with Gasteiger partial charge in [-0.15, -0.1) is 0 Å². The molecule has 0 spiro atoms. The van der Waals surface area contributed by atoms with E-state index in [0.717, 1.165) is 18.4 Å². The predicted molar refractivity (Wildman–Crippen MR) is 119 cm³/mol. The lowest BCUT2D eigenvalue weighted by Gasteiger charge is -2.22. The predicted octanol–water partition coefficient (Wildman–Crippen LogP) is 5.37. The number of carbonyl (C=O) groups is 1. The summed E-state index contributed by atoms with van der Waals surface area (Å²) in [6.07, 6.45) is 3.23. The Hall–Kier alpha value is -2.18. The van der Waals surface area contributed by atoms with E-state index in [1.54, 1.807) is 41.4 Å². The van der Waals surface area contributed by atoms with Gasteiger partial charge in [-0.1, -0.05) is 46.9 Å². The molecule has 1 atom stereocenters. The maximum Gasteiger partial charge on any atom is 0.292 e. The van der Waals surface area contributed by atoms with Gasteiger partial charge in [0.25, 0.3) is 5.91 Å². The van der Waals surface area contributed by atoms with E-state index in [-0.39, 0.29) is 24.4 Å². The number of aromatic nitrogens is 2. The Morgan fingerprint density at radius 3 is 2.50 bits per heavy atom. The first kappa shape index (κ1) is 21.1. The fourth-order valence-corrected chi connectivity index (χ4v) is 4.26. The van der Waals surface area contributed by atoms with Crippen molar-refractivity contribution in [1.82, 2.24) is 14.9 Å². The number of aliphatic hydroxyl groups is 1. The summed E-state index contributed by atoms with van der Waals surface area (Å²) >= 11 is 18.5. The third kappa shape index (κ3) is 4.16. The van der Waals surface area contributed by atoms with Crippen molar-refractivity contribution < 1.29 is 9.90 Å². The van der Waals surface area contributed by atoms with Crippen LogP contribution >= 0.6 is 34.8 Å². The van der Waals surface area contributed by atoms with E-state index in [1.165, 1.54) is 0 Å². The van der Waals surface area contributed by atoms with Gasteiger partial charge in [-0.2, -0.15) is 0 Å². The lowest BCUT2D eigenvalue weighted by molar-refractivity contribution is 0.0665. The van der Waals surface area contributed by atoms with Gasteiger partial charge in [0.15, 0.2) is 0 Å². The summed E-state index contributed by atoms with van der Waals surface area (Å²) < 4.78 is 0. The number of nitrogens with zero attached hydrogens (tertiary/aromatic N) is 3. The second-order valence-corrected chi connectivity index (χ2v) is 8.34. The van der Waals surface area contributed by atoms with Gasteiger partial charge >= 0.3 is 0 Å². The molecule has 0 aliphatic carbocycles. The third-order valence-electron chi connectivity index (χ3n) is 5.17. The highest BCUT2D eigenvalue weighted by Crippen LogP contribution is 2.36. The van der Waals surface area contributed by atoms with E-state index in [9.17, 15) is 9.90 Å². The van der Waals surface area contributed by atoms with Gasteiger partial charge < -0.3 is 10.0 Å². The molecule has 0 saturated carbocycles. The van der Waals surface area contributed by atoms with Gasteiger partial charge in [-0.05, 0) is 48.7 Å². The monoisotopic (exact) mass is 461 g/mol. The Morgan fingerprint density at radius 1 is 1.07 bits per heavy atom. The Morgan fingerprint density at radius 2 is 1.80 bits per heavy atom. The van der Waals surface area contributed by atoms with E-state index >= 15 is 0 Å². The molecule has 1 aromatic heterocycles. The number of hydrogen-bond donors (Lipinski definition) is 1. The highest BCUT2D eigenvalue weighted by molar-refractivity contribution is 6.36. The minimum Gasteiger partial charge on any atom is -0.394 e. The van der Waals surface area contributed by atoms with Crippen LogP contribution in [-0.4, -0.2) is 45.1 Å². The summed E-state index contributed by atoms with van der Waals surface area (Å²) in [7, 11) is 0. The molecular weight excluding hydrogens is 445 g/mol. The zero-order valence-electron chi connectivity index (χ0n) is 15.9. The molecule has 4 rings (SSSR count). The van der Waals surface area contributed by atoms with Crippen molar-refractivity contribution in [3.05, 3.63) is 69.6 Å². The Kier molecular flexibility index (Phi) is 6.25. The van der Waals surface area contributed by atoms with Crippen molar-refractivity contribution >= 4 is 40.7 Å². The van der Waals surface area contributed by atoms with Crippen LogP contribution in [-0.2, 0) is 0 Å². The number of amides is 1. The largest absolute Gasteiger partial charge is 0.394 e. The van der Waals surface area contributed by atoms with Gasteiger partial charge in [0, 0.05) is 33.9 Å². The maximum absolute atomic E-state index is 13.0. The van der Waals surface area contributed by atoms with Gasteiger partial charge in [-0.25, -0.2) is 9.97 Å². The average molecular weight is 463 g/mol. The summed E-state index contributed by atoms with van der Waals surface area (Å²) in [4.78, 5) is 23.6. The molecule has 1 aliphatic heterocycles. The Labute approximate surface area is 189 Å². The van der Waals surface area contributed by atoms with Crippen LogP contribution in [0.25, 0.3) is 22.4 Å². The van der Waals surface area contributed by atoms with E-state index in [4.69, 9.17) is 34.8 Å². The second kappa shape index (κ2) is 8.90. The SMILES string of the molecule is O=C(c1ncc(-c2ccc(Cl)cc2)c(-c2ccc(Cl)cc2Cl)n1)N1CCCC1CO. The Bertz CT molecular complexity index is 1090. The standard InChI is InChI=1S/C22H18Cl3N3O2/c23-14-5-3-13(4-6-14)18-11-26-21(22(30)28-9-1-2-16(28)12-29)27-20(18)17-8-7-15(24)10-19(17)25/h3-8,10-11,16,29H,1-2,9,12H2. The van der Waals surface area contributed by atoms with E-state index < -0.39 is 0 Å². The molecule has 8 heteroatoms. The zero-order valence-corrected chi connectivity index (χ0v) is 18.1. The number of benzene rings is 2. The number of halogens is 3. The van der Waals surface area contributed by atoms with E-state index in [1.807, 2.05) is 12.1 Å². The van der Waals surface area contributed by atoms with Crippen LogP contribution in [0.3, 0.4) is 0 Å². The molecule has 2 aromatic carbocycles. The van der Waals surface area contributed by atoms with Crippen molar-refractivity contribution in [1.29, 1.82) is 0 Å². The van der Waals surface area contributed by atoms with Crippen LogP contribution in [0, 0.1) is 0 Å². The molecule has 154 valence electrons. The molecule has 1 N–H and O–H groups in total. The Balaban J connectivity index is 1.84. The van der Waals surface area contributed by atoms with Gasteiger partial charge in [0.2, 0.25) is 5.82 Å². The van der Waals surface area contributed by atoms with Crippen LogP contribution in [0.1, 0.15) is 23.5 Å². The summed E-state index contributed by atoms with van der Waals surface area (Å²) in [5, 5.41) is 11.1.